The second kappa shape index (κ2) is 6.83. The number of nitrogens with zero attached hydrogens (tertiary/aromatic N) is 2. The number of alkyl halides is 2. The van der Waals surface area contributed by atoms with Crippen LogP contribution in [-0.4, -0.2) is 65.9 Å². The molecule has 1 aromatic carbocycles. The van der Waals surface area contributed by atoms with Crippen LogP contribution < -0.4 is 0 Å². The summed E-state index contributed by atoms with van der Waals surface area (Å²) >= 11 is 0. The van der Waals surface area contributed by atoms with Crippen molar-refractivity contribution in [3.8, 4) is 0 Å². The van der Waals surface area contributed by atoms with Crippen LogP contribution in [0.5, 0.6) is 0 Å². The number of benzene rings is 1. The maximum absolute atomic E-state index is 12.5. The molecule has 0 unspecified atom stereocenters. The molecule has 1 amide bonds. The molecule has 1 aliphatic heterocycles. The number of aromatic carboxylic acids is 1. The molecule has 7 heteroatoms. The van der Waals surface area contributed by atoms with Crippen molar-refractivity contribution in [1.29, 1.82) is 0 Å². The van der Waals surface area contributed by atoms with E-state index in [1.165, 1.54) is 12.1 Å². The quantitative estimate of drug-likeness (QED) is 0.919. The van der Waals surface area contributed by atoms with Crippen LogP contribution in [0.25, 0.3) is 0 Å². The van der Waals surface area contributed by atoms with Crippen LogP contribution in [0.1, 0.15) is 26.3 Å². The van der Waals surface area contributed by atoms with Gasteiger partial charge in [-0.1, -0.05) is 6.07 Å². The van der Waals surface area contributed by atoms with Crippen LogP contribution in [0.4, 0.5) is 8.78 Å². The van der Waals surface area contributed by atoms with Gasteiger partial charge in [0.15, 0.2) is 0 Å². The highest BCUT2D eigenvalue weighted by atomic mass is 19.3. The molecule has 1 fully saturated rings. The molecule has 1 aromatic rings. The summed E-state index contributed by atoms with van der Waals surface area (Å²) in [6, 6.07) is 4.58. The minimum Gasteiger partial charge on any atom is -0.478 e. The first-order chi connectivity index (χ1) is 10.4. The van der Waals surface area contributed by atoms with Gasteiger partial charge in [0, 0.05) is 31.7 Å². The van der Waals surface area contributed by atoms with E-state index in [1.54, 1.807) is 22.8 Å². The lowest BCUT2D eigenvalue weighted by Crippen LogP contribution is -2.49. The molecular formula is C15H18F2N2O3. The van der Waals surface area contributed by atoms with Crippen LogP contribution in [0.3, 0.4) is 0 Å². The monoisotopic (exact) mass is 312 g/mol. The topological polar surface area (TPSA) is 60.9 Å². The first kappa shape index (κ1) is 16.4. The number of hydrogen-bond acceptors (Lipinski definition) is 3. The zero-order valence-electron chi connectivity index (χ0n) is 12.3. The Balaban J connectivity index is 2.07. The molecular weight excluding hydrogens is 294 g/mol. The number of carbonyl (C=O) groups is 2. The third kappa shape index (κ3) is 3.59. The van der Waals surface area contributed by atoms with Crippen molar-refractivity contribution in [2.24, 2.45) is 0 Å². The van der Waals surface area contributed by atoms with E-state index in [0.29, 0.717) is 37.3 Å². The number of hydrogen-bond donors (Lipinski definition) is 1. The van der Waals surface area contributed by atoms with Gasteiger partial charge in [0.2, 0.25) is 0 Å². The third-order valence-electron chi connectivity index (χ3n) is 3.85. The first-order valence-electron chi connectivity index (χ1n) is 7.03. The lowest BCUT2D eigenvalue weighted by molar-refractivity contribution is 0.0458. The Morgan fingerprint density at radius 1 is 1.18 bits per heavy atom. The van der Waals surface area contributed by atoms with E-state index in [9.17, 15) is 18.4 Å². The summed E-state index contributed by atoms with van der Waals surface area (Å²) in [5, 5.41) is 9.10. The zero-order valence-corrected chi connectivity index (χ0v) is 12.3. The Kier molecular flexibility index (Phi) is 5.07. The molecule has 22 heavy (non-hydrogen) atoms. The smallest absolute Gasteiger partial charge is 0.335 e. The van der Waals surface area contributed by atoms with Gasteiger partial charge in [0.05, 0.1) is 12.1 Å². The maximum atomic E-state index is 12.5. The fourth-order valence-corrected chi connectivity index (χ4v) is 2.60. The molecule has 0 aliphatic carbocycles. The number of rotatable bonds is 4. The van der Waals surface area contributed by atoms with E-state index < -0.39 is 12.4 Å². The Bertz CT molecular complexity index is 570. The molecule has 0 bridgehead atoms. The second-order valence-electron chi connectivity index (χ2n) is 5.27. The fraction of sp³-hybridized carbons (Fsp3) is 0.467. The minimum absolute atomic E-state index is 0.0992. The first-order valence-corrected chi connectivity index (χ1v) is 7.03. The molecule has 0 atom stereocenters. The molecule has 2 rings (SSSR count). The van der Waals surface area contributed by atoms with Gasteiger partial charge in [-0.05, 0) is 24.6 Å². The number of carboxylic acid groups (broad SMARTS) is 1. The molecule has 1 aliphatic rings. The van der Waals surface area contributed by atoms with E-state index in [-0.39, 0.29) is 18.0 Å². The summed E-state index contributed by atoms with van der Waals surface area (Å²) in [7, 11) is 0. The fourth-order valence-electron chi connectivity index (χ4n) is 2.60. The predicted molar refractivity (Wildman–Crippen MR) is 76.5 cm³/mol. The van der Waals surface area contributed by atoms with E-state index in [1.807, 2.05) is 0 Å². The third-order valence-corrected chi connectivity index (χ3v) is 3.85. The van der Waals surface area contributed by atoms with E-state index in [2.05, 4.69) is 0 Å². The number of piperazine rings is 1. The normalized spacial score (nSPS) is 16.1. The summed E-state index contributed by atoms with van der Waals surface area (Å²) < 4.78 is 24.7. The van der Waals surface area contributed by atoms with Gasteiger partial charge < -0.3 is 10.0 Å². The van der Waals surface area contributed by atoms with Crippen molar-refractivity contribution < 1.29 is 23.5 Å². The highest BCUT2D eigenvalue weighted by molar-refractivity contribution is 5.99. The Morgan fingerprint density at radius 3 is 2.32 bits per heavy atom. The SMILES string of the molecule is Cc1c(C(=O)O)cccc1C(=O)N1CCN(CC(F)F)CC1. The number of carboxylic acids is 1. The average Bonchev–Trinajstić information content (AvgIpc) is 2.46. The molecule has 1 saturated heterocycles. The summed E-state index contributed by atoms with van der Waals surface area (Å²) in [6.45, 7) is 2.84. The van der Waals surface area contributed by atoms with E-state index >= 15 is 0 Å². The van der Waals surface area contributed by atoms with Crippen molar-refractivity contribution in [2.45, 2.75) is 13.3 Å². The Morgan fingerprint density at radius 2 is 1.77 bits per heavy atom. The standard InChI is InChI=1S/C15H18F2N2O3/c1-10-11(3-2-4-12(10)15(21)22)14(20)19-7-5-18(6-8-19)9-13(16)17/h2-4,13H,5-9H2,1H3,(H,21,22). The van der Waals surface area contributed by atoms with Crippen molar-refractivity contribution in [2.75, 3.05) is 32.7 Å². The summed E-state index contributed by atoms with van der Waals surface area (Å²) in [6.07, 6.45) is -2.38. The zero-order chi connectivity index (χ0) is 16.3. The summed E-state index contributed by atoms with van der Waals surface area (Å²) in [5.74, 6) is -1.33. The van der Waals surface area contributed by atoms with E-state index in [0.717, 1.165) is 0 Å². The molecule has 0 saturated carbocycles. The molecule has 0 radical (unpaired) electrons. The van der Waals surface area contributed by atoms with Crippen molar-refractivity contribution in [3.05, 3.63) is 34.9 Å². The minimum atomic E-state index is -2.38. The van der Waals surface area contributed by atoms with Crippen LogP contribution in [-0.2, 0) is 0 Å². The number of amides is 1. The van der Waals surface area contributed by atoms with Crippen LogP contribution in [0.15, 0.2) is 18.2 Å². The van der Waals surface area contributed by atoms with Gasteiger partial charge in [-0.2, -0.15) is 0 Å². The van der Waals surface area contributed by atoms with Crippen molar-refractivity contribution in [3.63, 3.8) is 0 Å². The van der Waals surface area contributed by atoms with Crippen LogP contribution in [0, 0.1) is 6.92 Å². The van der Waals surface area contributed by atoms with Crippen molar-refractivity contribution in [1.82, 2.24) is 9.80 Å². The van der Waals surface area contributed by atoms with Gasteiger partial charge in [0.25, 0.3) is 12.3 Å². The maximum Gasteiger partial charge on any atom is 0.335 e. The van der Waals surface area contributed by atoms with Crippen LogP contribution in [0.2, 0.25) is 0 Å². The highest BCUT2D eigenvalue weighted by Gasteiger charge is 2.25. The van der Waals surface area contributed by atoms with Crippen LogP contribution >= 0.6 is 0 Å². The number of carbonyl (C=O) groups excluding carboxylic acids is 1. The Hall–Kier alpha value is -2.02. The molecule has 5 nitrogen and oxygen atoms in total. The Labute approximate surface area is 127 Å². The van der Waals surface area contributed by atoms with Gasteiger partial charge in [-0.3, -0.25) is 9.69 Å². The van der Waals surface area contributed by atoms with Gasteiger partial charge in [-0.15, -0.1) is 0 Å². The molecule has 1 N–H and O–H groups in total. The summed E-state index contributed by atoms with van der Waals surface area (Å²) in [5.41, 5.74) is 0.874. The molecule has 0 spiro atoms. The summed E-state index contributed by atoms with van der Waals surface area (Å²) in [4.78, 5) is 26.8. The predicted octanol–water partition coefficient (Wildman–Crippen LogP) is 1.72. The lowest BCUT2D eigenvalue weighted by atomic mass is 10.0. The largest absolute Gasteiger partial charge is 0.478 e. The van der Waals surface area contributed by atoms with Gasteiger partial charge >= 0.3 is 5.97 Å². The second-order valence-corrected chi connectivity index (χ2v) is 5.27. The van der Waals surface area contributed by atoms with Crippen molar-refractivity contribution >= 4 is 11.9 Å². The number of halogens is 2. The van der Waals surface area contributed by atoms with Gasteiger partial charge in [-0.25, -0.2) is 13.6 Å². The lowest BCUT2D eigenvalue weighted by Gasteiger charge is -2.34. The molecule has 0 aromatic heterocycles. The highest BCUT2D eigenvalue weighted by Crippen LogP contribution is 2.17. The van der Waals surface area contributed by atoms with E-state index in [4.69, 9.17) is 5.11 Å². The molecule has 120 valence electrons. The van der Waals surface area contributed by atoms with Gasteiger partial charge in [0.1, 0.15) is 0 Å². The average molecular weight is 312 g/mol. The molecule has 1 heterocycles.